The van der Waals surface area contributed by atoms with E-state index in [-0.39, 0.29) is 18.2 Å². The molecule has 2 amide bonds. The van der Waals surface area contributed by atoms with Gasteiger partial charge in [0.2, 0.25) is 11.8 Å². The zero-order valence-electron chi connectivity index (χ0n) is 17.8. The van der Waals surface area contributed by atoms with Gasteiger partial charge in [-0.05, 0) is 50.1 Å². The number of rotatable bonds is 7. The van der Waals surface area contributed by atoms with Crippen LogP contribution in [0.25, 0.3) is 0 Å². The third kappa shape index (κ3) is 5.49. The Bertz CT molecular complexity index is 957. The van der Waals surface area contributed by atoms with Gasteiger partial charge in [-0.1, -0.05) is 41.6 Å². The maximum absolute atomic E-state index is 13.0. The second kappa shape index (κ2) is 9.91. The molecule has 0 aliphatic carbocycles. The molecule has 0 aromatic heterocycles. The Kier molecular flexibility index (Phi) is 7.29. The fraction of sp³-hybridized carbons (Fsp3) is 0.348. The number of methoxy groups -OCH3 is 1. The van der Waals surface area contributed by atoms with E-state index in [0.29, 0.717) is 18.3 Å². The van der Waals surface area contributed by atoms with Gasteiger partial charge in [-0.2, -0.15) is 0 Å². The molecule has 1 N–H and O–H groups in total. The van der Waals surface area contributed by atoms with Crippen LogP contribution in [0.3, 0.4) is 0 Å². The normalized spacial score (nSPS) is 17.6. The molecule has 1 saturated heterocycles. The molecule has 1 aliphatic rings. The van der Waals surface area contributed by atoms with E-state index in [1.165, 1.54) is 11.8 Å². The molecule has 6 nitrogen and oxygen atoms in total. The minimum Gasteiger partial charge on any atom is -0.383 e. The molecule has 1 aliphatic heterocycles. The molecule has 0 saturated carbocycles. The molecule has 2 aromatic rings. The Balaban J connectivity index is 1.74. The van der Waals surface area contributed by atoms with Crippen LogP contribution in [0, 0.1) is 20.8 Å². The molecule has 2 aromatic carbocycles. The first-order valence-corrected chi connectivity index (χ1v) is 10.7. The standard InChI is InChI=1S/C23H27N3O3S/c1-15-6-9-18(10-7-15)24-23-26(11-12-29-4)22(28)20(30-23)14-21(27)25-19-13-16(2)5-8-17(19)3/h5-10,13,20H,11-12,14H2,1-4H3,(H,25,27)/t20-/m0/s1. The number of ether oxygens (including phenoxy) is 1. The van der Waals surface area contributed by atoms with Crippen molar-refractivity contribution in [2.45, 2.75) is 32.4 Å². The van der Waals surface area contributed by atoms with Crippen molar-refractivity contribution in [1.82, 2.24) is 4.90 Å². The lowest BCUT2D eigenvalue weighted by Crippen LogP contribution is -2.35. The number of nitrogens with one attached hydrogen (secondary N) is 1. The van der Waals surface area contributed by atoms with Gasteiger partial charge in [-0.25, -0.2) is 4.99 Å². The van der Waals surface area contributed by atoms with Crippen molar-refractivity contribution in [3.8, 4) is 0 Å². The highest BCUT2D eigenvalue weighted by molar-refractivity contribution is 8.15. The summed E-state index contributed by atoms with van der Waals surface area (Å²) in [6.07, 6.45) is 0.0906. The van der Waals surface area contributed by atoms with Gasteiger partial charge in [-0.3, -0.25) is 14.5 Å². The van der Waals surface area contributed by atoms with E-state index >= 15 is 0 Å². The first-order valence-electron chi connectivity index (χ1n) is 9.87. The van der Waals surface area contributed by atoms with Gasteiger partial charge < -0.3 is 10.1 Å². The van der Waals surface area contributed by atoms with Crippen LogP contribution in [-0.2, 0) is 14.3 Å². The summed E-state index contributed by atoms with van der Waals surface area (Å²) in [4.78, 5) is 31.9. The Hall–Kier alpha value is -2.64. The van der Waals surface area contributed by atoms with E-state index < -0.39 is 5.25 Å². The van der Waals surface area contributed by atoms with Crippen molar-refractivity contribution in [2.75, 3.05) is 25.6 Å². The number of benzene rings is 2. The van der Waals surface area contributed by atoms with Gasteiger partial charge >= 0.3 is 0 Å². The zero-order valence-corrected chi connectivity index (χ0v) is 18.6. The van der Waals surface area contributed by atoms with Crippen LogP contribution in [0.2, 0.25) is 0 Å². The first kappa shape index (κ1) is 22.1. The molecular weight excluding hydrogens is 398 g/mol. The van der Waals surface area contributed by atoms with Gasteiger partial charge in [-0.15, -0.1) is 0 Å². The molecule has 3 rings (SSSR count). The van der Waals surface area contributed by atoms with Crippen molar-refractivity contribution in [2.24, 2.45) is 4.99 Å². The van der Waals surface area contributed by atoms with Crippen molar-refractivity contribution >= 4 is 40.1 Å². The quantitative estimate of drug-likeness (QED) is 0.721. The lowest BCUT2D eigenvalue weighted by molar-refractivity contribution is -0.128. The minimum absolute atomic E-state index is 0.0906. The number of carbonyl (C=O) groups is 2. The zero-order chi connectivity index (χ0) is 21.7. The molecule has 7 heteroatoms. The maximum Gasteiger partial charge on any atom is 0.242 e. The Morgan fingerprint density at radius 3 is 2.53 bits per heavy atom. The molecule has 0 spiro atoms. The molecule has 0 bridgehead atoms. The first-order chi connectivity index (χ1) is 14.4. The number of nitrogens with zero attached hydrogens (tertiary/aromatic N) is 2. The monoisotopic (exact) mass is 425 g/mol. The summed E-state index contributed by atoms with van der Waals surface area (Å²) in [5, 5.41) is 3.04. The number of hydrogen-bond acceptors (Lipinski definition) is 5. The maximum atomic E-state index is 13.0. The summed E-state index contributed by atoms with van der Waals surface area (Å²) >= 11 is 1.33. The van der Waals surface area contributed by atoms with Crippen LogP contribution >= 0.6 is 11.8 Å². The van der Waals surface area contributed by atoms with Gasteiger partial charge in [0.1, 0.15) is 5.25 Å². The van der Waals surface area contributed by atoms with Crippen molar-refractivity contribution in [1.29, 1.82) is 0 Å². The van der Waals surface area contributed by atoms with Gasteiger partial charge in [0.25, 0.3) is 0 Å². The molecule has 1 heterocycles. The third-order valence-electron chi connectivity index (χ3n) is 4.84. The van der Waals surface area contributed by atoms with Crippen LogP contribution in [0.5, 0.6) is 0 Å². The third-order valence-corrected chi connectivity index (χ3v) is 6.01. The Labute approximate surface area is 181 Å². The predicted molar refractivity (Wildman–Crippen MR) is 122 cm³/mol. The van der Waals surface area contributed by atoms with E-state index in [1.54, 1.807) is 12.0 Å². The number of amidine groups is 1. The molecule has 30 heavy (non-hydrogen) atoms. The summed E-state index contributed by atoms with van der Waals surface area (Å²) in [6, 6.07) is 13.7. The van der Waals surface area contributed by atoms with Gasteiger partial charge in [0.05, 0.1) is 18.8 Å². The molecular formula is C23H27N3O3S. The Morgan fingerprint density at radius 1 is 1.13 bits per heavy atom. The van der Waals surface area contributed by atoms with E-state index in [0.717, 1.165) is 28.1 Å². The van der Waals surface area contributed by atoms with Crippen LogP contribution in [0.4, 0.5) is 11.4 Å². The molecule has 1 fully saturated rings. The Morgan fingerprint density at radius 2 is 1.83 bits per heavy atom. The van der Waals surface area contributed by atoms with Crippen molar-refractivity contribution in [3.05, 3.63) is 59.2 Å². The second-order valence-electron chi connectivity index (χ2n) is 7.39. The number of hydrogen-bond donors (Lipinski definition) is 1. The average Bonchev–Trinajstić information content (AvgIpc) is 2.99. The smallest absolute Gasteiger partial charge is 0.242 e. The summed E-state index contributed by atoms with van der Waals surface area (Å²) in [6.45, 7) is 6.75. The van der Waals surface area contributed by atoms with E-state index in [4.69, 9.17) is 4.74 Å². The topological polar surface area (TPSA) is 71.0 Å². The lowest BCUT2D eigenvalue weighted by atomic mass is 10.1. The largest absolute Gasteiger partial charge is 0.383 e. The number of carbonyl (C=O) groups excluding carboxylic acids is 2. The predicted octanol–water partition coefficient (Wildman–Crippen LogP) is 4.22. The SMILES string of the molecule is COCCN1C(=O)[C@H](CC(=O)Nc2cc(C)ccc2C)SC1=Nc1ccc(C)cc1. The number of amides is 2. The highest BCUT2D eigenvalue weighted by Crippen LogP contribution is 2.32. The van der Waals surface area contributed by atoms with Crippen molar-refractivity contribution in [3.63, 3.8) is 0 Å². The van der Waals surface area contributed by atoms with E-state index in [1.807, 2.05) is 63.2 Å². The minimum atomic E-state index is -0.504. The van der Waals surface area contributed by atoms with Gasteiger partial charge in [0, 0.05) is 19.2 Å². The summed E-state index contributed by atoms with van der Waals surface area (Å²) in [5.74, 6) is -0.295. The number of thioether (sulfide) groups is 1. The highest BCUT2D eigenvalue weighted by Gasteiger charge is 2.39. The molecule has 158 valence electrons. The number of aryl methyl sites for hydroxylation is 3. The molecule has 0 unspecified atom stereocenters. The average molecular weight is 426 g/mol. The number of aliphatic imine (C=N–C) groups is 1. The fourth-order valence-electron chi connectivity index (χ4n) is 3.08. The van der Waals surface area contributed by atoms with E-state index in [9.17, 15) is 9.59 Å². The fourth-order valence-corrected chi connectivity index (χ4v) is 4.27. The second-order valence-corrected chi connectivity index (χ2v) is 8.56. The summed E-state index contributed by atoms with van der Waals surface area (Å²) in [7, 11) is 1.60. The number of anilines is 1. The van der Waals surface area contributed by atoms with Crippen LogP contribution < -0.4 is 5.32 Å². The summed E-state index contributed by atoms with van der Waals surface area (Å²) < 4.78 is 5.15. The van der Waals surface area contributed by atoms with Crippen LogP contribution in [0.1, 0.15) is 23.1 Å². The lowest BCUT2D eigenvalue weighted by Gasteiger charge is -2.16. The molecule has 1 atom stereocenters. The summed E-state index contributed by atoms with van der Waals surface area (Å²) in [5.41, 5.74) is 4.76. The van der Waals surface area contributed by atoms with Crippen molar-refractivity contribution < 1.29 is 14.3 Å². The highest BCUT2D eigenvalue weighted by atomic mass is 32.2. The van der Waals surface area contributed by atoms with Crippen LogP contribution in [0.15, 0.2) is 47.5 Å². The van der Waals surface area contributed by atoms with E-state index in [2.05, 4.69) is 10.3 Å². The molecule has 0 radical (unpaired) electrons. The van der Waals surface area contributed by atoms with Gasteiger partial charge in [0.15, 0.2) is 5.17 Å². The van der Waals surface area contributed by atoms with Crippen LogP contribution in [-0.4, -0.2) is 47.4 Å².